The molecule has 3 atom stereocenters. The number of nitrogens with zero attached hydrogens (tertiary/aromatic N) is 4. The third-order valence-corrected chi connectivity index (χ3v) is 11.2. The van der Waals surface area contributed by atoms with E-state index in [2.05, 4.69) is 16.7 Å². The average Bonchev–Trinajstić information content (AvgIpc) is 3.38. The van der Waals surface area contributed by atoms with Gasteiger partial charge in [0.25, 0.3) is 5.91 Å². The molecule has 0 aromatic heterocycles. The molecule has 0 saturated carbocycles. The maximum absolute atomic E-state index is 16.0. The molecule has 0 aliphatic carbocycles. The zero-order chi connectivity index (χ0) is 38.5. The Balaban J connectivity index is 1.12. The van der Waals surface area contributed by atoms with Gasteiger partial charge in [0, 0.05) is 48.1 Å². The second-order valence-corrected chi connectivity index (χ2v) is 16.0. The fourth-order valence-corrected chi connectivity index (χ4v) is 8.66. The Hall–Kier alpha value is -4.26. The van der Waals surface area contributed by atoms with E-state index in [1.807, 2.05) is 26.8 Å². The van der Waals surface area contributed by atoms with Crippen molar-refractivity contribution in [1.82, 2.24) is 9.80 Å². The minimum absolute atomic E-state index is 0.0114. The van der Waals surface area contributed by atoms with Crippen LogP contribution in [0.15, 0.2) is 42.5 Å². The average molecular weight is 784 g/mol. The number of carbonyl (C=O) groups excluding carboxylic acids is 3. The number of hydrogen-bond donors (Lipinski definition) is 0. The van der Waals surface area contributed by atoms with Gasteiger partial charge in [-0.15, -0.1) is 0 Å². The quantitative estimate of drug-likeness (QED) is 0.232. The highest BCUT2D eigenvalue weighted by Gasteiger charge is 2.40. The van der Waals surface area contributed by atoms with E-state index >= 15 is 4.39 Å². The summed E-state index contributed by atoms with van der Waals surface area (Å²) < 4.78 is 38.6. The van der Waals surface area contributed by atoms with E-state index in [0.717, 1.165) is 24.9 Å². The van der Waals surface area contributed by atoms with Crippen molar-refractivity contribution in [2.75, 3.05) is 56.5 Å². The van der Waals surface area contributed by atoms with Crippen LogP contribution in [0, 0.1) is 5.82 Å². The van der Waals surface area contributed by atoms with E-state index in [-0.39, 0.29) is 64.2 Å². The highest BCUT2D eigenvalue weighted by Crippen LogP contribution is 2.44. The van der Waals surface area contributed by atoms with Crippen LogP contribution in [0.5, 0.6) is 5.75 Å². The molecule has 14 heteroatoms. The molecule has 0 spiro atoms. The van der Waals surface area contributed by atoms with Crippen LogP contribution in [0.4, 0.5) is 20.6 Å². The van der Waals surface area contributed by atoms with Crippen LogP contribution in [0.25, 0.3) is 11.1 Å². The van der Waals surface area contributed by atoms with Gasteiger partial charge < -0.3 is 38.5 Å². The molecule has 288 valence electrons. The van der Waals surface area contributed by atoms with Crippen LogP contribution >= 0.6 is 23.2 Å². The van der Waals surface area contributed by atoms with Crippen molar-refractivity contribution in [2.45, 2.75) is 77.2 Å². The third kappa shape index (κ3) is 7.27. The lowest BCUT2D eigenvalue weighted by Crippen LogP contribution is -2.55. The number of ether oxygens (including phenoxy) is 4. The van der Waals surface area contributed by atoms with Crippen LogP contribution < -0.4 is 14.5 Å². The summed E-state index contributed by atoms with van der Waals surface area (Å²) in [5.74, 6) is -1.16. The van der Waals surface area contributed by atoms with E-state index in [4.69, 9.17) is 42.1 Å². The first-order valence-electron chi connectivity index (χ1n) is 18.3. The fourth-order valence-electron chi connectivity index (χ4n) is 8.02. The van der Waals surface area contributed by atoms with Crippen LogP contribution in [0.2, 0.25) is 10.0 Å². The van der Waals surface area contributed by atoms with Gasteiger partial charge in [0.1, 0.15) is 17.2 Å². The Morgan fingerprint density at radius 3 is 2.31 bits per heavy atom. The molecule has 0 unspecified atom stereocenters. The number of esters is 1. The summed E-state index contributed by atoms with van der Waals surface area (Å²) in [5.41, 5.74) is 2.54. The van der Waals surface area contributed by atoms with Gasteiger partial charge in [0.05, 0.1) is 65.8 Å². The van der Waals surface area contributed by atoms with Crippen LogP contribution in [0.3, 0.4) is 0 Å². The monoisotopic (exact) mass is 782 g/mol. The van der Waals surface area contributed by atoms with Crippen molar-refractivity contribution in [3.05, 3.63) is 75.0 Å². The molecular formula is C40H45Cl2FN4O7. The molecule has 2 amide bonds. The lowest BCUT2D eigenvalue weighted by Gasteiger charge is -2.43. The van der Waals surface area contributed by atoms with Gasteiger partial charge in [0.2, 0.25) is 0 Å². The number of halogens is 3. The maximum atomic E-state index is 16.0. The molecule has 4 aliphatic heterocycles. The molecule has 3 aromatic rings. The molecule has 4 aliphatic rings. The SMILES string of the molecule is CC[C@@H]1CN(C(=O)OC(C)(C)C)CCN1c1cc(Cl)c(C(=O)N2COc3c(cccc3-c3cc(N4[C@@H]5CC[C@H]4COC5)c(C(=O)OC)cc3F)C2)c(Cl)c1. The lowest BCUT2D eigenvalue weighted by molar-refractivity contribution is 0.0213. The van der Waals surface area contributed by atoms with Gasteiger partial charge >= 0.3 is 12.1 Å². The zero-order valence-electron chi connectivity index (χ0n) is 31.1. The number of rotatable bonds is 6. The molecule has 0 radical (unpaired) electrons. The van der Waals surface area contributed by atoms with E-state index in [1.54, 1.807) is 35.2 Å². The molecule has 7 rings (SSSR count). The summed E-state index contributed by atoms with van der Waals surface area (Å²) in [6.07, 6.45) is 2.24. The number of amides is 2. The maximum Gasteiger partial charge on any atom is 0.410 e. The molecular weight excluding hydrogens is 738 g/mol. The number of benzene rings is 3. The topological polar surface area (TPSA) is 101 Å². The number of methoxy groups -OCH3 is 1. The minimum atomic E-state index is -0.613. The van der Waals surface area contributed by atoms with Gasteiger partial charge in [0.15, 0.2) is 6.73 Å². The number of hydrogen-bond acceptors (Lipinski definition) is 9. The second kappa shape index (κ2) is 15.1. The predicted molar refractivity (Wildman–Crippen MR) is 204 cm³/mol. The lowest BCUT2D eigenvalue weighted by atomic mass is 9.96. The molecule has 4 heterocycles. The van der Waals surface area contributed by atoms with Gasteiger partial charge in [-0.3, -0.25) is 4.79 Å². The van der Waals surface area contributed by atoms with Gasteiger partial charge in [-0.2, -0.15) is 0 Å². The summed E-state index contributed by atoms with van der Waals surface area (Å²) in [6, 6.07) is 11.9. The van der Waals surface area contributed by atoms with Crippen LogP contribution in [0.1, 0.15) is 73.2 Å². The first-order valence-corrected chi connectivity index (χ1v) is 19.1. The van der Waals surface area contributed by atoms with E-state index < -0.39 is 23.3 Å². The molecule has 2 bridgehead atoms. The summed E-state index contributed by atoms with van der Waals surface area (Å²) >= 11 is 13.6. The Bertz CT molecular complexity index is 1930. The van der Waals surface area contributed by atoms with Crippen molar-refractivity contribution in [3.63, 3.8) is 0 Å². The summed E-state index contributed by atoms with van der Waals surface area (Å²) in [5, 5.41) is 0.396. The normalized spacial score (nSPS) is 21.1. The molecule has 54 heavy (non-hydrogen) atoms. The molecule has 0 N–H and O–H groups in total. The molecule has 3 aromatic carbocycles. The van der Waals surface area contributed by atoms with E-state index in [9.17, 15) is 14.4 Å². The first kappa shape index (κ1) is 38.0. The summed E-state index contributed by atoms with van der Waals surface area (Å²) in [7, 11) is 1.29. The van der Waals surface area contributed by atoms with Crippen molar-refractivity contribution in [3.8, 4) is 16.9 Å². The molecule has 11 nitrogen and oxygen atoms in total. The van der Waals surface area contributed by atoms with Gasteiger partial charge in [-0.05, 0) is 64.3 Å². The predicted octanol–water partition coefficient (Wildman–Crippen LogP) is 7.78. The summed E-state index contributed by atoms with van der Waals surface area (Å²) in [6.45, 7) is 10.2. The van der Waals surface area contributed by atoms with Crippen molar-refractivity contribution < 1.29 is 37.7 Å². The van der Waals surface area contributed by atoms with Crippen molar-refractivity contribution in [2.24, 2.45) is 0 Å². The number of morpholine rings is 1. The fraction of sp³-hybridized carbons (Fsp3) is 0.475. The van der Waals surface area contributed by atoms with Crippen LogP contribution in [-0.2, 0) is 20.8 Å². The molecule has 3 fully saturated rings. The zero-order valence-corrected chi connectivity index (χ0v) is 32.6. The number of anilines is 2. The Kier molecular flexibility index (Phi) is 10.6. The smallest absolute Gasteiger partial charge is 0.410 e. The van der Waals surface area contributed by atoms with Gasteiger partial charge in [-0.25, -0.2) is 14.0 Å². The van der Waals surface area contributed by atoms with E-state index in [0.29, 0.717) is 55.4 Å². The van der Waals surface area contributed by atoms with Crippen molar-refractivity contribution in [1.29, 1.82) is 0 Å². The largest absolute Gasteiger partial charge is 0.472 e. The highest BCUT2D eigenvalue weighted by molar-refractivity contribution is 6.40. The van der Waals surface area contributed by atoms with Gasteiger partial charge in [-0.1, -0.05) is 48.3 Å². The number of piperazine rings is 1. The number of fused-ring (bicyclic) bond motifs is 3. The second-order valence-electron chi connectivity index (χ2n) is 15.2. The van der Waals surface area contributed by atoms with Crippen molar-refractivity contribution >= 4 is 52.5 Å². The Morgan fingerprint density at radius 2 is 1.67 bits per heavy atom. The molecule has 3 saturated heterocycles. The number of para-hydroxylation sites is 1. The highest BCUT2D eigenvalue weighted by atomic mass is 35.5. The minimum Gasteiger partial charge on any atom is -0.472 e. The van der Waals surface area contributed by atoms with E-state index in [1.165, 1.54) is 18.1 Å². The Labute approximate surface area is 324 Å². The first-order chi connectivity index (χ1) is 25.8. The number of carbonyl (C=O) groups is 3. The Morgan fingerprint density at radius 1 is 0.963 bits per heavy atom. The summed E-state index contributed by atoms with van der Waals surface area (Å²) in [4.78, 5) is 47.2. The van der Waals surface area contributed by atoms with Crippen LogP contribution in [-0.4, -0.2) is 98.2 Å². The third-order valence-electron chi connectivity index (χ3n) is 10.6. The standard InChI is InChI=1S/C40H45Cl2FN4O7/c1-6-24-19-44(39(50)54-40(2,3)4)12-13-46(24)27-14-31(41)35(32(42)15-27)37(48)45-18-23-8-7-9-28(36(23)53-22-45)29-17-34(30(16-33(29)43)38(49)51-5)47-25-10-11-26(47)21-52-20-25/h7-9,14-17,24-26H,6,10-13,18-22H2,1-5H3/t24-,25-,26+/m1/s1.